The summed E-state index contributed by atoms with van der Waals surface area (Å²) in [6.07, 6.45) is 5.24. The predicted molar refractivity (Wildman–Crippen MR) is 113 cm³/mol. The Morgan fingerprint density at radius 3 is 2.63 bits per heavy atom. The molecule has 164 valence electrons. The largest absolute Gasteiger partial charge is 0.339 e. The minimum atomic E-state index is -3.68. The second-order valence-electron chi connectivity index (χ2n) is 8.36. The van der Waals surface area contributed by atoms with Crippen molar-refractivity contribution < 1.29 is 12.8 Å². The number of hydrogen-bond donors (Lipinski definition) is 1. The van der Waals surface area contributed by atoms with Crippen LogP contribution < -0.4 is 5.32 Å². The second kappa shape index (κ2) is 8.74. The highest BCUT2D eigenvalue weighted by atomic mass is 32.2. The molecule has 0 radical (unpaired) electrons. The molecule has 0 bridgehead atoms. The van der Waals surface area contributed by atoms with Crippen LogP contribution in [0.3, 0.4) is 0 Å². The maximum absolute atomic E-state index is 13.5. The lowest BCUT2D eigenvalue weighted by Gasteiger charge is -2.35. The van der Waals surface area contributed by atoms with Crippen molar-refractivity contribution >= 4 is 10.0 Å². The van der Waals surface area contributed by atoms with Gasteiger partial charge in [0.1, 0.15) is 5.82 Å². The minimum Gasteiger partial charge on any atom is -0.339 e. The normalized spacial score (nSPS) is 26.3. The number of nitrogens with one attached hydrogen (secondary N) is 1. The van der Waals surface area contributed by atoms with E-state index in [1.807, 2.05) is 0 Å². The third-order valence-corrected chi connectivity index (χ3v) is 7.99. The number of benzene rings is 1. The molecule has 0 aliphatic carbocycles. The van der Waals surface area contributed by atoms with Crippen molar-refractivity contribution in [1.29, 1.82) is 0 Å². The molecule has 1 unspecified atom stereocenters. The molecule has 0 saturated carbocycles. The zero-order valence-corrected chi connectivity index (χ0v) is 18.4. The SMILES string of the molecule is CCN1CCCC(N[C@H]2CN(S(=O)(=O)c3cn(C)cn3)C[C@@H]2c2ccc(F)cc2)C1. The summed E-state index contributed by atoms with van der Waals surface area (Å²) < 4.78 is 43.0. The van der Waals surface area contributed by atoms with Gasteiger partial charge in [-0.25, -0.2) is 17.8 Å². The van der Waals surface area contributed by atoms with Crippen LogP contribution in [-0.4, -0.2) is 72.0 Å². The number of halogens is 1. The summed E-state index contributed by atoms with van der Waals surface area (Å²) in [6, 6.07) is 6.72. The molecule has 2 aliphatic rings. The molecule has 7 nitrogen and oxygen atoms in total. The molecule has 2 aliphatic heterocycles. The monoisotopic (exact) mass is 435 g/mol. The first kappa shape index (κ1) is 21.4. The summed E-state index contributed by atoms with van der Waals surface area (Å²) in [5.41, 5.74) is 0.954. The highest BCUT2D eigenvalue weighted by Crippen LogP contribution is 2.32. The van der Waals surface area contributed by atoms with Crippen molar-refractivity contribution in [2.45, 2.75) is 42.8 Å². The number of hydrogen-bond acceptors (Lipinski definition) is 5. The fourth-order valence-electron chi connectivity index (χ4n) is 4.62. The van der Waals surface area contributed by atoms with Crippen molar-refractivity contribution in [1.82, 2.24) is 24.1 Å². The van der Waals surface area contributed by atoms with Gasteiger partial charge in [-0.2, -0.15) is 4.31 Å². The lowest BCUT2D eigenvalue weighted by Crippen LogP contribution is -2.51. The molecule has 9 heteroatoms. The number of likely N-dealkylation sites (tertiary alicyclic amines) is 1. The van der Waals surface area contributed by atoms with Crippen molar-refractivity contribution in [3.8, 4) is 0 Å². The molecule has 1 aromatic carbocycles. The summed E-state index contributed by atoms with van der Waals surface area (Å²) >= 11 is 0. The Bertz CT molecular complexity index is 962. The van der Waals surface area contributed by atoms with E-state index in [0.29, 0.717) is 19.1 Å². The summed E-state index contributed by atoms with van der Waals surface area (Å²) in [7, 11) is -1.93. The lowest BCUT2D eigenvalue weighted by atomic mass is 9.93. The van der Waals surface area contributed by atoms with Gasteiger partial charge in [0.15, 0.2) is 5.03 Å². The highest BCUT2D eigenvalue weighted by molar-refractivity contribution is 7.89. The molecular formula is C21H30FN5O2S. The van der Waals surface area contributed by atoms with Gasteiger partial charge in [-0.3, -0.25) is 0 Å². The highest BCUT2D eigenvalue weighted by Gasteiger charge is 2.41. The van der Waals surface area contributed by atoms with Crippen molar-refractivity contribution in [3.05, 3.63) is 48.2 Å². The fourth-order valence-corrected chi connectivity index (χ4v) is 6.07. The van der Waals surface area contributed by atoms with Crippen LogP contribution in [0, 0.1) is 5.82 Å². The summed E-state index contributed by atoms with van der Waals surface area (Å²) in [5.74, 6) is -0.328. The number of imidazole rings is 1. The van der Waals surface area contributed by atoms with Gasteiger partial charge in [0, 0.05) is 50.9 Å². The maximum atomic E-state index is 13.5. The van der Waals surface area contributed by atoms with Gasteiger partial charge in [-0.1, -0.05) is 19.1 Å². The van der Waals surface area contributed by atoms with Crippen molar-refractivity contribution in [2.75, 3.05) is 32.7 Å². The second-order valence-corrected chi connectivity index (χ2v) is 10.2. The minimum absolute atomic E-state index is 0.0317. The van der Waals surface area contributed by atoms with E-state index < -0.39 is 10.0 Å². The number of rotatable bonds is 6. The van der Waals surface area contributed by atoms with Gasteiger partial charge in [-0.15, -0.1) is 0 Å². The first-order chi connectivity index (χ1) is 14.4. The predicted octanol–water partition coefficient (Wildman–Crippen LogP) is 1.79. The molecule has 4 rings (SSSR count). The molecule has 2 saturated heterocycles. The van der Waals surface area contributed by atoms with E-state index >= 15 is 0 Å². The Kier molecular flexibility index (Phi) is 6.24. The molecule has 2 aromatic rings. The number of nitrogens with zero attached hydrogens (tertiary/aromatic N) is 4. The molecule has 1 N–H and O–H groups in total. The zero-order chi connectivity index (χ0) is 21.3. The van der Waals surface area contributed by atoms with E-state index in [-0.39, 0.29) is 22.8 Å². The van der Waals surface area contributed by atoms with Gasteiger partial charge in [0.25, 0.3) is 10.0 Å². The molecular weight excluding hydrogens is 405 g/mol. The lowest BCUT2D eigenvalue weighted by molar-refractivity contribution is 0.189. The van der Waals surface area contributed by atoms with Crippen LogP contribution in [0.5, 0.6) is 0 Å². The van der Waals surface area contributed by atoms with Crippen molar-refractivity contribution in [3.63, 3.8) is 0 Å². The number of piperidine rings is 1. The Morgan fingerprint density at radius 2 is 1.97 bits per heavy atom. The van der Waals surface area contributed by atoms with E-state index in [0.717, 1.165) is 38.0 Å². The van der Waals surface area contributed by atoms with Crippen LogP contribution in [-0.2, 0) is 17.1 Å². The molecule has 30 heavy (non-hydrogen) atoms. The van der Waals surface area contributed by atoms with Gasteiger partial charge in [0.2, 0.25) is 0 Å². The molecule has 2 fully saturated rings. The summed E-state index contributed by atoms with van der Waals surface area (Å²) in [4.78, 5) is 6.48. The van der Waals surface area contributed by atoms with Gasteiger partial charge < -0.3 is 14.8 Å². The average Bonchev–Trinajstić information content (AvgIpc) is 3.36. The van der Waals surface area contributed by atoms with Crippen LogP contribution in [0.2, 0.25) is 0 Å². The van der Waals surface area contributed by atoms with Crippen LogP contribution >= 0.6 is 0 Å². The first-order valence-electron chi connectivity index (χ1n) is 10.6. The number of sulfonamides is 1. The van der Waals surface area contributed by atoms with E-state index in [1.54, 1.807) is 23.7 Å². The van der Waals surface area contributed by atoms with Crippen molar-refractivity contribution in [2.24, 2.45) is 7.05 Å². The average molecular weight is 436 g/mol. The quantitative estimate of drug-likeness (QED) is 0.749. The fraction of sp³-hybridized carbons (Fsp3) is 0.571. The standard InChI is InChI=1S/C21H30FN5O2S/c1-3-26-10-4-5-18(11-26)24-20-13-27(30(28,29)21-14-25(2)15-23-21)12-19(20)16-6-8-17(22)9-7-16/h6-9,14-15,18-20,24H,3-5,10-13H2,1-2H3/t18?,19-,20+/m1/s1. The van der Waals surface area contributed by atoms with Gasteiger partial charge >= 0.3 is 0 Å². The summed E-state index contributed by atoms with van der Waals surface area (Å²) in [5, 5.41) is 3.80. The van der Waals surface area contributed by atoms with Gasteiger partial charge in [0.05, 0.1) is 6.33 Å². The van der Waals surface area contributed by atoms with E-state index in [2.05, 4.69) is 22.1 Å². The molecule has 0 amide bonds. The molecule has 0 spiro atoms. The van der Waals surface area contributed by atoms with E-state index in [1.165, 1.54) is 29.0 Å². The Hall–Kier alpha value is -1.81. The Morgan fingerprint density at radius 1 is 1.20 bits per heavy atom. The maximum Gasteiger partial charge on any atom is 0.262 e. The Labute approximate surface area is 177 Å². The number of likely N-dealkylation sites (N-methyl/N-ethyl adjacent to an activating group) is 1. The third kappa shape index (κ3) is 4.44. The summed E-state index contributed by atoms with van der Waals surface area (Å²) in [6.45, 7) is 6.00. The topological polar surface area (TPSA) is 70.5 Å². The van der Waals surface area contributed by atoms with Crippen LogP contribution in [0.4, 0.5) is 4.39 Å². The van der Waals surface area contributed by atoms with Crippen LogP contribution in [0.1, 0.15) is 31.2 Å². The third-order valence-electron chi connectivity index (χ3n) is 6.27. The molecule has 3 atom stereocenters. The molecule has 1 aromatic heterocycles. The van der Waals surface area contributed by atoms with Gasteiger partial charge in [-0.05, 0) is 43.6 Å². The number of aromatic nitrogens is 2. The Balaban J connectivity index is 1.58. The van der Waals surface area contributed by atoms with E-state index in [9.17, 15) is 12.8 Å². The van der Waals surface area contributed by atoms with Crippen LogP contribution in [0.25, 0.3) is 0 Å². The van der Waals surface area contributed by atoms with Crippen LogP contribution in [0.15, 0.2) is 41.8 Å². The van der Waals surface area contributed by atoms with E-state index in [4.69, 9.17) is 0 Å². The first-order valence-corrected chi connectivity index (χ1v) is 12.0. The number of aryl methyl sites for hydroxylation is 1. The smallest absolute Gasteiger partial charge is 0.262 e. The zero-order valence-electron chi connectivity index (χ0n) is 17.5. The molecule has 3 heterocycles.